The number of carbonyl (C=O) groups excluding carboxylic acids is 1. The average molecular weight is 588 g/mol. The molecule has 6 heteroatoms. The van der Waals surface area contributed by atoms with Crippen LogP contribution in [0.2, 0.25) is 10.0 Å². The molecule has 0 unspecified atom stereocenters. The third kappa shape index (κ3) is 7.58. The predicted molar refractivity (Wildman–Crippen MR) is 168 cm³/mol. The number of halogens is 3. The minimum absolute atomic E-state index is 0. The number of piperidine rings is 2. The first-order valence-electron chi connectivity index (χ1n) is 13.6. The molecule has 1 atom stereocenters. The summed E-state index contributed by atoms with van der Waals surface area (Å²) in [6, 6.07) is 26.7. The Kier molecular flexibility index (Phi) is 11.7. The fourth-order valence-electron chi connectivity index (χ4n) is 6.33. The van der Waals surface area contributed by atoms with Crippen molar-refractivity contribution in [3.05, 3.63) is 106 Å². The second kappa shape index (κ2) is 14.6. The van der Waals surface area contributed by atoms with Crippen LogP contribution in [0.4, 0.5) is 0 Å². The lowest BCUT2D eigenvalue weighted by Crippen LogP contribution is -2.49. The molecule has 3 nitrogen and oxygen atoms in total. The van der Waals surface area contributed by atoms with Crippen molar-refractivity contribution in [1.82, 2.24) is 9.80 Å². The van der Waals surface area contributed by atoms with E-state index in [9.17, 15) is 4.79 Å². The fourth-order valence-corrected chi connectivity index (χ4v) is 6.63. The summed E-state index contributed by atoms with van der Waals surface area (Å²) in [7, 11) is 0. The highest BCUT2D eigenvalue weighted by Gasteiger charge is 2.39. The molecule has 0 saturated carbocycles. The summed E-state index contributed by atoms with van der Waals surface area (Å²) in [4.78, 5) is 18.1. The highest BCUT2D eigenvalue weighted by atomic mass is 35.5. The number of rotatable bonds is 7. The van der Waals surface area contributed by atoms with E-state index in [1.807, 2.05) is 47.4 Å². The summed E-state index contributed by atoms with van der Waals surface area (Å²) in [6.07, 6.45) is 6.62. The van der Waals surface area contributed by atoms with Gasteiger partial charge >= 0.3 is 0 Å². The number of hydrogen-bond donors (Lipinski definition) is 0. The van der Waals surface area contributed by atoms with Crippen molar-refractivity contribution < 1.29 is 4.79 Å². The summed E-state index contributed by atoms with van der Waals surface area (Å²) < 4.78 is 0. The van der Waals surface area contributed by atoms with Gasteiger partial charge in [0, 0.05) is 24.1 Å². The van der Waals surface area contributed by atoms with Gasteiger partial charge in [-0.25, -0.2) is 0 Å². The van der Waals surface area contributed by atoms with E-state index in [4.69, 9.17) is 23.2 Å². The van der Waals surface area contributed by atoms with Crippen LogP contribution >= 0.6 is 35.6 Å². The van der Waals surface area contributed by atoms with Gasteiger partial charge in [-0.05, 0) is 99.5 Å². The molecule has 2 aliphatic rings. The Morgan fingerprint density at radius 3 is 2.21 bits per heavy atom. The molecule has 0 radical (unpaired) electrons. The van der Waals surface area contributed by atoms with Gasteiger partial charge in [-0.1, -0.05) is 85.2 Å². The second-order valence-electron chi connectivity index (χ2n) is 10.7. The van der Waals surface area contributed by atoms with Crippen molar-refractivity contribution in [2.75, 3.05) is 32.7 Å². The lowest BCUT2D eigenvalue weighted by Gasteiger charge is -2.44. The van der Waals surface area contributed by atoms with E-state index in [0.717, 1.165) is 64.0 Å². The first kappa shape index (κ1) is 31.5. The van der Waals surface area contributed by atoms with E-state index in [2.05, 4.69) is 41.3 Å². The summed E-state index contributed by atoms with van der Waals surface area (Å²) >= 11 is 12.8. The predicted octanol–water partition coefficient (Wildman–Crippen LogP) is 8.89. The summed E-state index contributed by atoms with van der Waals surface area (Å²) in [5, 5.41) is 1.17. The monoisotopic (exact) mass is 586 g/mol. The number of nitrogens with zero attached hydrogens (tertiary/aromatic N) is 2. The van der Waals surface area contributed by atoms with E-state index in [0.29, 0.717) is 16.0 Å². The third-order valence-corrected chi connectivity index (χ3v) is 9.14. The van der Waals surface area contributed by atoms with Gasteiger partial charge in [0.25, 0.3) is 5.91 Å². The highest BCUT2D eigenvalue weighted by Crippen LogP contribution is 2.41. The van der Waals surface area contributed by atoms with Crippen LogP contribution in [0.1, 0.15) is 73.4 Å². The SMILES string of the molecule is C.Cl.O=C(c1ccccc1)N1CCC[C@](CCCN2CCC(c3ccccc3)CC2)(c2ccc(Cl)c(Cl)c2)C1. The van der Waals surface area contributed by atoms with Gasteiger partial charge in [0.15, 0.2) is 0 Å². The van der Waals surface area contributed by atoms with Gasteiger partial charge in [-0.3, -0.25) is 4.79 Å². The van der Waals surface area contributed by atoms with Crippen LogP contribution in [0.3, 0.4) is 0 Å². The standard InChI is InChI=1S/C32H36Cl2N2O.CH4.ClH/c33-29-14-13-28(23-30(29)34)32(18-8-20-36(24-32)31(37)27-11-5-2-6-12-27)17-7-19-35-21-15-26(16-22-35)25-9-3-1-4-10-25;;/h1-6,9-14,23,26H,7-8,15-22,24H2;1H4;1H/t32-;;/m0../s1. The summed E-state index contributed by atoms with van der Waals surface area (Å²) in [6.45, 7) is 4.91. The molecule has 2 aliphatic heterocycles. The van der Waals surface area contributed by atoms with Crippen molar-refractivity contribution in [2.24, 2.45) is 0 Å². The number of hydrogen-bond acceptors (Lipinski definition) is 2. The fraction of sp³-hybridized carbons (Fsp3) is 0.424. The minimum atomic E-state index is -0.112. The molecule has 2 heterocycles. The van der Waals surface area contributed by atoms with Gasteiger partial charge in [0.2, 0.25) is 0 Å². The van der Waals surface area contributed by atoms with Crippen LogP contribution in [-0.4, -0.2) is 48.4 Å². The Morgan fingerprint density at radius 2 is 1.54 bits per heavy atom. The molecule has 3 aromatic rings. The van der Waals surface area contributed by atoms with Gasteiger partial charge < -0.3 is 9.80 Å². The van der Waals surface area contributed by atoms with E-state index in [1.54, 1.807) is 0 Å². The normalized spacial score (nSPS) is 20.1. The maximum atomic E-state index is 13.4. The Labute approximate surface area is 250 Å². The molecule has 0 aromatic heterocycles. The molecule has 0 spiro atoms. The largest absolute Gasteiger partial charge is 0.338 e. The summed E-state index contributed by atoms with van der Waals surface area (Å²) in [5.41, 5.74) is 3.33. The smallest absolute Gasteiger partial charge is 0.253 e. The molecule has 1 amide bonds. The highest BCUT2D eigenvalue weighted by molar-refractivity contribution is 6.42. The number of carbonyl (C=O) groups is 1. The third-order valence-electron chi connectivity index (χ3n) is 8.41. The van der Waals surface area contributed by atoms with Crippen molar-refractivity contribution in [3.8, 4) is 0 Å². The van der Waals surface area contributed by atoms with Crippen LogP contribution in [-0.2, 0) is 5.41 Å². The number of likely N-dealkylation sites (tertiary alicyclic amines) is 2. The van der Waals surface area contributed by atoms with Crippen LogP contribution in [0, 0.1) is 0 Å². The zero-order chi connectivity index (χ0) is 25.7. The van der Waals surface area contributed by atoms with Crippen molar-refractivity contribution in [1.29, 1.82) is 0 Å². The maximum Gasteiger partial charge on any atom is 0.253 e. The molecule has 3 aromatic carbocycles. The van der Waals surface area contributed by atoms with Crippen LogP contribution in [0.25, 0.3) is 0 Å². The molecule has 0 N–H and O–H groups in total. The molecule has 0 aliphatic carbocycles. The molecular formula is C33H41Cl3N2O. The molecule has 210 valence electrons. The number of amides is 1. The average Bonchev–Trinajstić information content (AvgIpc) is 2.95. The van der Waals surface area contributed by atoms with Crippen molar-refractivity contribution >= 4 is 41.5 Å². The Bertz CT molecular complexity index is 1180. The van der Waals surface area contributed by atoms with Crippen molar-refractivity contribution in [3.63, 3.8) is 0 Å². The Morgan fingerprint density at radius 1 is 0.872 bits per heavy atom. The van der Waals surface area contributed by atoms with E-state index in [1.165, 1.54) is 24.0 Å². The topological polar surface area (TPSA) is 23.6 Å². The maximum absolute atomic E-state index is 13.4. The number of benzene rings is 3. The first-order valence-corrected chi connectivity index (χ1v) is 14.4. The molecule has 39 heavy (non-hydrogen) atoms. The molecular weight excluding hydrogens is 547 g/mol. The Balaban J connectivity index is 0.00000210. The lowest BCUT2D eigenvalue weighted by atomic mass is 9.71. The van der Waals surface area contributed by atoms with Gasteiger partial charge in [0.1, 0.15) is 0 Å². The molecule has 2 fully saturated rings. The first-order chi connectivity index (χ1) is 18.0. The molecule has 2 saturated heterocycles. The van der Waals surface area contributed by atoms with Crippen LogP contribution < -0.4 is 0 Å². The van der Waals surface area contributed by atoms with Crippen molar-refractivity contribution in [2.45, 2.75) is 57.3 Å². The quantitative estimate of drug-likeness (QED) is 0.276. The van der Waals surface area contributed by atoms with Crippen LogP contribution in [0.15, 0.2) is 78.9 Å². The van der Waals surface area contributed by atoms with E-state index < -0.39 is 0 Å². The lowest BCUT2D eigenvalue weighted by molar-refractivity contribution is 0.0619. The zero-order valence-corrected chi connectivity index (χ0v) is 24.2. The molecule has 0 bridgehead atoms. The Hall–Kier alpha value is -2.04. The molecule has 5 rings (SSSR count). The zero-order valence-electron chi connectivity index (χ0n) is 21.8. The van der Waals surface area contributed by atoms with Gasteiger partial charge in [-0.2, -0.15) is 0 Å². The van der Waals surface area contributed by atoms with E-state index in [-0.39, 0.29) is 31.2 Å². The van der Waals surface area contributed by atoms with Crippen LogP contribution in [0.5, 0.6) is 0 Å². The second-order valence-corrected chi connectivity index (χ2v) is 11.6. The van der Waals surface area contributed by atoms with Gasteiger partial charge in [-0.15, -0.1) is 12.4 Å². The van der Waals surface area contributed by atoms with E-state index >= 15 is 0 Å². The van der Waals surface area contributed by atoms with Gasteiger partial charge in [0.05, 0.1) is 10.0 Å². The summed E-state index contributed by atoms with van der Waals surface area (Å²) in [5.74, 6) is 0.795. The minimum Gasteiger partial charge on any atom is -0.338 e.